The molecule has 0 spiro atoms. The zero-order valence-corrected chi connectivity index (χ0v) is 11.5. The molecule has 0 heterocycles. The molecule has 0 saturated heterocycles. The molecule has 1 unspecified atom stereocenters. The van der Waals surface area contributed by atoms with Crippen molar-refractivity contribution in [2.24, 2.45) is 0 Å². The number of fused-ring (bicyclic) bond motifs is 1. The highest BCUT2D eigenvalue weighted by Crippen LogP contribution is 2.35. The van der Waals surface area contributed by atoms with Crippen molar-refractivity contribution in [2.75, 3.05) is 13.7 Å². The number of aryl methyl sites for hydroxylation is 1. The van der Waals surface area contributed by atoms with Crippen LogP contribution in [0.1, 0.15) is 43.2 Å². The van der Waals surface area contributed by atoms with E-state index in [4.69, 9.17) is 4.74 Å². The number of ether oxygens (including phenoxy) is 1. The predicted octanol–water partition coefficient (Wildman–Crippen LogP) is 3.63. The first-order valence-electron chi connectivity index (χ1n) is 6.77. The molecule has 2 nitrogen and oxygen atoms in total. The van der Waals surface area contributed by atoms with Crippen LogP contribution < -0.4 is 10.1 Å². The second kappa shape index (κ2) is 5.94. The Morgan fingerprint density at radius 3 is 3.06 bits per heavy atom. The van der Waals surface area contributed by atoms with E-state index in [1.807, 2.05) is 6.92 Å². The molecule has 98 valence electrons. The van der Waals surface area contributed by atoms with E-state index in [0.29, 0.717) is 5.92 Å². The molecule has 0 saturated carbocycles. The van der Waals surface area contributed by atoms with E-state index in [9.17, 15) is 0 Å². The van der Waals surface area contributed by atoms with Crippen molar-refractivity contribution < 1.29 is 4.74 Å². The third kappa shape index (κ3) is 3.06. The minimum atomic E-state index is 0.663. The molecule has 0 aliphatic heterocycles. The second-order valence-corrected chi connectivity index (χ2v) is 5.15. The zero-order chi connectivity index (χ0) is 13.0. The van der Waals surface area contributed by atoms with Gasteiger partial charge in [0.15, 0.2) is 0 Å². The maximum Gasteiger partial charge on any atom is 0.119 e. The number of hydrogen-bond donors (Lipinski definition) is 1. The number of benzene rings is 1. The Bertz CT molecular complexity index is 425. The Labute approximate surface area is 110 Å². The first-order chi connectivity index (χ1) is 8.70. The van der Waals surface area contributed by atoms with E-state index in [1.165, 1.54) is 36.8 Å². The molecular weight excluding hydrogens is 222 g/mol. The Kier molecular flexibility index (Phi) is 4.29. The summed E-state index contributed by atoms with van der Waals surface area (Å²) < 4.78 is 5.34. The van der Waals surface area contributed by atoms with E-state index >= 15 is 0 Å². The quantitative estimate of drug-likeness (QED) is 0.855. The zero-order valence-electron chi connectivity index (χ0n) is 11.5. The SMILES string of the molecule is C=C(C)NCCC1CCCc2ccc(OC)cc21. The van der Waals surface area contributed by atoms with Gasteiger partial charge in [-0.2, -0.15) is 0 Å². The van der Waals surface area contributed by atoms with Gasteiger partial charge in [0, 0.05) is 12.2 Å². The molecule has 2 heteroatoms. The van der Waals surface area contributed by atoms with Gasteiger partial charge >= 0.3 is 0 Å². The Morgan fingerprint density at radius 1 is 1.50 bits per heavy atom. The topological polar surface area (TPSA) is 21.3 Å². The fourth-order valence-electron chi connectivity index (χ4n) is 2.76. The van der Waals surface area contributed by atoms with Crippen LogP contribution in [0.2, 0.25) is 0 Å². The highest BCUT2D eigenvalue weighted by atomic mass is 16.5. The summed E-state index contributed by atoms with van der Waals surface area (Å²) in [7, 11) is 1.74. The first-order valence-corrected chi connectivity index (χ1v) is 6.77. The smallest absolute Gasteiger partial charge is 0.119 e. The van der Waals surface area contributed by atoms with Crippen molar-refractivity contribution in [2.45, 2.75) is 38.5 Å². The molecule has 1 N–H and O–H groups in total. The number of nitrogens with one attached hydrogen (secondary N) is 1. The first kappa shape index (κ1) is 13.0. The normalized spacial score (nSPS) is 18.0. The third-order valence-electron chi connectivity index (χ3n) is 3.71. The van der Waals surface area contributed by atoms with Gasteiger partial charge in [-0.3, -0.25) is 0 Å². The standard InChI is InChI=1S/C16H23NO/c1-12(2)17-10-9-14-6-4-5-13-7-8-15(18-3)11-16(13)14/h7-8,11,14,17H,1,4-6,9-10H2,2-3H3. The molecule has 1 atom stereocenters. The number of rotatable bonds is 5. The average Bonchev–Trinajstić information content (AvgIpc) is 2.38. The van der Waals surface area contributed by atoms with Crippen LogP contribution in [0.3, 0.4) is 0 Å². The molecule has 1 aromatic carbocycles. The van der Waals surface area contributed by atoms with E-state index in [2.05, 4.69) is 30.1 Å². The minimum absolute atomic E-state index is 0.663. The average molecular weight is 245 g/mol. The maximum absolute atomic E-state index is 5.34. The van der Waals surface area contributed by atoms with Crippen molar-refractivity contribution in [3.63, 3.8) is 0 Å². The summed E-state index contributed by atoms with van der Waals surface area (Å²) >= 11 is 0. The van der Waals surface area contributed by atoms with Crippen LogP contribution in [0.25, 0.3) is 0 Å². The largest absolute Gasteiger partial charge is 0.497 e. The predicted molar refractivity (Wildman–Crippen MR) is 76.1 cm³/mol. The van der Waals surface area contributed by atoms with Crippen molar-refractivity contribution >= 4 is 0 Å². The summed E-state index contributed by atoms with van der Waals surface area (Å²) in [5, 5.41) is 3.33. The van der Waals surface area contributed by atoms with Gasteiger partial charge in [-0.15, -0.1) is 0 Å². The van der Waals surface area contributed by atoms with Gasteiger partial charge in [-0.25, -0.2) is 0 Å². The summed E-state index contributed by atoms with van der Waals surface area (Å²) in [5.41, 5.74) is 4.04. The summed E-state index contributed by atoms with van der Waals surface area (Å²) in [6.07, 6.45) is 4.98. The van der Waals surface area contributed by atoms with E-state index in [-0.39, 0.29) is 0 Å². The summed E-state index contributed by atoms with van der Waals surface area (Å²) in [5.74, 6) is 1.64. The summed E-state index contributed by atoms with van der Waals surface area (Å²) in [4.78, 5) is 0. The van der Waals surface area contributed by atoms with Gasteiger partial charge in [0.1, 0.15) is 5.75 Å². The van der Waals surface area contributed by atoms with Gasteiger partial charge in [-0.05, 0) is 61.8 Å². The number of methoxy groups -OCH3 is 1. The molecule has 18 heavy (non-hydrogen) atoms. The van der Waals surface area contributed by atoms with E-state index < -0.39 is 0 Å². The lowest BCUT2D eigenvalue weighted by molar-refractivity contribution is 0.411. The second-order valence-electron chi connectivity index (χ2n) is 5.15. The van der Waals surface area contributed by atoms with Gasteiger partial charge in [-0.1, -0.05) is 12.6 Å². The van der Waals surface area contributed by atoms with Gasteiger partial charge in [0.25, 0.3) is 0 Å². The van der Waals surface area contributed by atoms with Gasteiger partial charge < -0.3 is 10.1 Å². The molecule has 0 bridgehead atoms. The highest BCUT2D eigenvalue weighted by Gasteiger charge is 2.20. The van der Waals surface area contributed by atoms with Crippen molar-refractivity contribution in [3.8, 4) is 5.75 Å². The molecule has 0 fully saturated rings. The molecule has 0 radical (unpaired) electrons. The Balaban J connectivity index is 2.08. The molecule has 0 aromatic heterocycles. The fourth-order valence-corrected chi connectivity index (χ4v) is 2.76. The lowest BCUT2D eigenvalue weighted by Gasteiger charge is -2.26. The van der Waals surface area contributed by atoms with Gasteiger partial charge in [0.2, 0.25) is 0 Å². The van der Waals surface area contributed by atoms with E-state index in [1.54, 1.807) is 7.11 Å². The summed E-state index contributed by atoms with van der Waals surface area (Å²) in [6.45, 7) is 6.90. The highest BCUT2D eigenvalue weighted by molar-refractivity contribution is 5.39. The van der Waals surface area contributed by atoms with Gasteiger partial charge in [0.05, 0.1) is 7.11 Å². The maximum atomic E-state index is 5.34. The number of allylic oxidation sites excluding steroid dienone is 1. The molecular formula is C16H23NO. The lowest BCUT2D eigenvalue weighted by Crippen LogP contribution is -2.18. The molecule has 1 aromatic rings. The lowest BCUT2D eigenvalue weighted by atomic mass is 9.81. The Morgan fingerprint density at radius 2 is 2.33 bits per heavy atom. The van der Waals surface area contributed by atoms with Crippen LogP contribution >= 0.6 is 0 Å². The minimum Gasteiger partial charge on any atom is -0.497 e. The van der Waals surface area contributed by atoms with Crippen LogP contribution in [0.5, 0.6) is 5.75 Å². The van der Waals surface area contributed by atoms with E-state index in [0.717, 1.165) is 18.0 Å². The van der Waals surface area contributed by atoms with Crippen LogP contribution in [-0.2, 0) is 6.42 Å². The molecule has 0 amide bonds. The van der Waals surface area contributed by atoms with Crippen molar-refractivity contribution in [1.29, 1.82) is 0 Å². The monoisotopic (exact) mass is 245 g/mol. The van der Waals surface area contributed by atoms with Crippen LogP contribution in [0.15, 0.2) is 30.5 Å². The molecule has 1 aliphatic rings. The van der Waals surface area contributed by atoms with Crippen molar-refractivity contribution in [1.82, 2.24) is 5.32 Å². The summed E-state index contributed by atoms with van der Waals surface area (Å²) in [6, 6.07) is 6.53. The van der Waals surface area contributed by atoms with Crippen LogP contribution in [0.4, 0.5) is 0 Å². The fraction of sp³-hybridized carbons (Fsp3) is 0.500. The van der Waals surface area contributed by atoms with Crippen LogP contribution in [0, 0.1) is 0 Å². The Hall–Kier alpha value is -1.44. The molecule has 1 aliphatic carbocycles. The number of hydrogen-bond acceptors (Lipinski definition) is 2. The van der Waals surface area contributed by atoms with Crippen LogP contribution in [-0.4, -0.2) is 13.7 Å². The third-order valence-corrected chi connectivity index (χ3v) is 3.71. The van der Waals surface area contributed by atoms with Crippen molar-refractivity contribution in [3.05, 3.63) is 41.6 Å². The molecule has 2 rings (SSSR count).